The maximum absolute atomic E-state index is 11.7. The van der Waals surface area contributed by atoms with Crippen LogP contribution in [-0.2, 0) is 14.9 Å². The molecular weight excluding hydrogens is 238 g/mol. The first-order valence-electron chi connectivity index (χ1n) is 5.87. The van der Waals surface area contributed by atoms with E-state index in [9.17, 15) is 4.79 Å². The molecule has 1 N–H and O–H groups in total. The van der Waals surface area contributed by atoms with Crippen molar-refractivity contribution in [1.29, 1.82) is 0 Å². The molecule has 1 unspecified atom stereocenters. The quantitative estimate of drug-likeness (QED) is 0.770. The minimum Gasteiger partial charge on any atom is -0.380 e. The molecule has 2 heterocycles. The highest BCUT2D eigenvalue weighted by atomic mass is 35.5. The molecule has 2 aliphatic heterocycles. The lowest BCUT2D eigenvalue weighted by Gasteiger charge is -2.27. The molecule has 0 aliphatic carbocycles. The number of benzene rings is 1. The predicted octanol–water partition coefficient (Wildman–Crippen LogP) is 2.73. The molecule has 0 saturated carbocycles. The van der Waals surface area contributed by atoms with Crippen molar-refractivity contribution in [2.75, 3.05) is 18.5 Å². The molecule has 4 heteroatoms. The number of carbonyl (C=O) groups is 1. The number of carbonyl (C=O) groups excluding carboxylic acids is 1. The molecule has 3 nitrogen and oxygen atoms in total. The largest absolute Gasteiger partial charge is 0.380 e. The summed E-state index contributed by atoms with van der Waals surface area (Å²) in [7, 11) is 0. The van der Waals surface area contributed by atoms with Crippen molar-refractivity contribution in [3.05, 3.63) is 28.8 Å². The second-order valence-electron chi connectivity index (χ2n) is 4.82. The van der Waals surface area contributed by atoms with E-state index < -0.39 is 0 Å². The zero-order chi connectivity index (χ0) is 11.9. The second-order valence-corrected chi connectivity index (χ2v) is 5.26. The Morgan fingerprint density at radius 1 is 1.35 bits per heavy atom. The monoisotopic (exact) mass is 251 g/mol. The molecule has 1 aromatic rings. The van der Waals surface area contributed by atoms with Crippen molar-refractivity contribution in [3.8, 4) is 0 Å². The molecule has 17 heavy (non-hydrogen) atoms. The Hall–Kier alpha value is -1.06. The van der Waals surface area contributed by atoms with E-state index in [-0.39, 0.29) is 11.3 Å². The SMILES string of the molecule is O=C1CCC2(CCOC2)c2cc(Cl)ccc2N1. The molecule has 0 aromatic heterocycles. The van der Waals surface area contributed by atoms with Crippen LogP contribution in [0, 0.1) is 0 Å². The smallest absolute Gasteiger partial charge is 0.224 e. The Balaban J connectivity index is 2.14. The number of hydrogen-bond acceptors (Lipinski definition) is 2. The number of hydrogen-bond donors (Lipinski definition) is 1. The predicted molar refractivity (Wildman–Crippen MR) is 66.4 cm³/mol. The van der Waals surface area contributed by atoms with E-state index in [4.69, 9.17) is 16.3 Å². The first-order valence-corrected chi connectivity index (χ1v) is 6.25. The van der Waals surface area contributed by atoms with Crippen molar-refractivity contribution in [3.63, 3.8) is 0 Å². The van der Waals surface area contributed by atoms with Gasteiger partial charge in [0.2, 0.25) is 5.91 Å². The van der Waals surface area contributed by atoms with E-state index in [1.54, 1.807) is 0 Å². The molecule has 1 atom stereocenters. The van der Waals surface area contributed by atoms with Gasteiger partial charge in [-0.1, -0.05) is 11.6 Å². The van der Waals surface area contributed by atoms with Gasteiger partial charge in [0.1, 0.15) is 0 Å². The summed E-state index contributed by atoms with van der Waals surface area (Å²) in [5.74, 6) is 0.0809. The minimum absolute atomic E-state index is 0.0284. The average Bonchev–Trinajstić information content (AvgIpc) is 2.73. The van der Waals surface area contributed by atoms with Crippen LogP contribution in [-0.4, -0.2) is 19.1 Å². The van der Waals surface area contributed by atoms with Crippen LogP contribution in [0.2, 0.25) is 5.02 Å². The van der Waals surface area contributed by atoms with Crippen molar-refractivity contribution < 1.29 is 9.53 Å². The van der Waals surface area contributed by atoms with Gasteiger partial charge in [-0.15, -0.1) is 0 Å². The van der Waals surface area contributed by atoms with Gasteiger partial charge in [-0.3, -0.25) is 4.79 Å². The first kappa shape index (κ1) is 11.1. The zero-order valence-corrected chi connectivity index (χ0v) is 10.2. The fourth-order valence-electron chi connectivity index (χ4n) is 2.78. The number of amides is 1. The third kappa shape index (κ3) is 1.83. The van der Waals surface area contributed by atoms with Crippen LogP contribution in [0.25, 0.3) is 0 Å². The lowest BCUT2D eigenvalue weighted by atomic mass is 9.76. The molecule has 1 fully saturated rings. The minimum atomic E-state index is -0.0284. The van der Waals surface area contributed by atoms with Gasteiger partial charge in [-0.2, -0.15) is 0 Å². The summed E-state index contributed by atoms with van der Waals surface area (Å²) in [5, 5.41) is 3.66. The van der Waals surface area contributed by atoms with Crippen molar-refractivity contribution in [2.45, 2.75) is 24.7 Å². The van der Waals surface area contributed by atoms with Gasteiger partial charge in [-0.05, 0) is 36.6 Å². The molecule has 2 aliphatic rings. The van der Waals surface area contributed by atoms with E-state index in [1.165, 1.54) is 0 Å². The lowest BCUT2D eigenvalue weighted by molar-refractivity contribution is -0.116. The van der Waals surface area contributed by atoms with E-state index in [0.29, 0.717) is 18.1 Å². The molecule has 0 radical (unpaired) electrons. The molecule has 1 saturated heterocycles. The molecular formula is C13H14ClNO2. The van der Waals surface area contributed by atoms with Crippen LogP contribution in [0.3, 0.4) is 0 Å². The third-order valence-electron chi connectivity index (χ3n) is 3.76. The maximum Gasteiger partial charge on any atom is 0.224 e. The molecule has 3 rings (SSSR count). The summed E-state index contributed by atoms with van der Waals surface area (Å²) in [5.41, 5.74) is 2.00. The van der Waals surface area contributed by atoms with E-state index in [2.05, 4.69) is 5.32 Å². The van der Waals surface area contributed by atoms with Gasteiger partial charge in [0.15, 0.2) is 0 Å². The number of halogens is 1. The molecule has 1 aromatic carbocycles. The van der Waals surface area contributed by atoms with Crippen molar-refractivity contribution in [2.24, 2.45) is 0 Å². The normalized spacial score (nSPS) is 27.7. The Morgan fingerprint density at radius 2 is 2.24 bits per heavy atom. The average molecular weight is 252 g/mol. The highest BCUT2D eigenvalue weighted by Crippen LogP contribution is 2.43. The summed E-state index contributed by atoms with van der Waals surface area (Å²) >= 11 is 6.07. The Kier molecular flexibility index (Phi) is 2.60. The standard InChI is InChI=1S/C13H14ClNO2/c14-9-1-2-11-10(7-9)13(5-6-17-8-13)4-3-12(16)15-11/h1-2,7H,3-6,8H2,(H,15,16). The fourth-order valence-corrected chi connectivity index (χ4v) is 2.95. The van der Waals surface area contributed by atoms with Gasteiger partial charge >= 0.3 is 0 Å². The molecule has 90 valence electrons. The number of rotatable bonds is 0. The van der Waals surface area contributed by atoms with Gasteiger partial charge in [0, 0.05) is 29.2 Å². The number of ether oxygens (including phenoxy) is 1. The summed E-state index contributed by atoms with van der Waals surface area (Å²) in [6.45, 7) is 1.45. The van der Waals surface area contributed by atoms with E-state index in [1.807, 2.05) is 18.2 Å². The highest BCUT2D eigenvalue weighted by molar-refractivity contribution is 6.30. The van der Waals surface area contributed by atoms with Crippen molar-refractivity contribution in [1.82, 2.24) is 0 Å². The second kappa shape index (κ2) is 4.00. The molecule has 1 spiro atoms. The number of anilines is 1. The summed E-state index contributed by atoms with van der Waals surface area (Å²) in [6, 6.07) is 5.67. The fraction of sp³-hybridized carbons (Fsp3) is 0.462. The lowest BCUT2D eigenvalue weighted by Crippen LogP contribution is -2.26. The first-order chi connectivity index (χ1) is 8.20. The van der Waals surface area contributed by atoms with Crippen LogP contribution >= 0.6 is 11.6 Å². The van der Waals surface area contributed by atoms with Crippen molar-refractivity contribution >= 4 is 23.2 Å². The Morgan fingerprint density at radius 3 is 3.00 bits per heavy atom. The van der Waals surface area contributed by atoms with Crippen LogP contribution in [0.15, 0.2) is 18.2 Å². The van der Waals surface area contributed by atoms with Gasteiger partial charge < -0.3 is 10.1 Å². The molecule has 0 bridgehead atoms. The van der Waals surface area contributed by atoms with Gasteiger partial charge in [-0.25, -0.2) is 0 Å². The number of fused-ring (bicyclic) bond motifs is 2. The van der Waals surface area contributed by atoms with Gasteiger partial charge in [0.05, 0.1) is 6.61 Å². The summed E-state index contributed by atoms with van der Waals surface area (Å²) in [4.78, 5) is 11.7. The third-order valence-corrected chi connectivity index (χ3v) is 4.00. The van der Waals surface area contributed by atoms with Crippen LogP contribution < -0.4 is 5.32 Å². The van der Waals surface area contributed by atoms with Crippen LogP contribution in [0.4, 0.5) is 5.69 Å². The zero-order valence-electron chi connectivity index (χ0n) is 9.46. The highest BCUT2D eigenvalue weighted by Gasteiger charge is 2.40. The van der Waals surface area contributed by atoms with E-state index >= 15 is 0 Å². The van der Waals surface area contributed by atoms with E-state index in [0.717, 1.165) is 30.7 Å². The Bertz CT molecular complexity index is 466. The summed E-state index contributed by atoms with van der Waals surface area (Å²) in [6.07, 6.45) is 2.36. The molecule has 1 amide bonds. The summed E-state index contributed by atoms with van der Waals surface area (Å²) < 4.78 is 5.54. The topological polar surface area (TPSA) is 38.3 Å². The van der Waals surface area contributed by atoms with Gasteiger partial charge in [0.25, 0.3) is 0 Å². The number of nitrogens with one attached hydrogen (secondary N) is 1. The Labute approximate surface area is 105 Å². The maximum atomic E-state index is 11.7. The van der Waals surface area contributed by atoms with Crippen LogP contribution in [0.1, 0.15) is 24.8 Å². The van der Waals surface area contributed by atoms with Crippen LogP contribution in [0.5, 0.6) is 0 Å².